The van der Waals surface area contributed by atoms with Gasteiger partial charge in [-0.2, -0.15) is 0 Å². The molecule has 0 aliphatic rings. The molecule has 0 saturated carbocycles. The van der Waals surface area contributed by atoms with Gasteiger partial charge in [-0.25, -0.2) is 4.79 Å². The van der Waals surface area contributed by atoms with Gasteiger partial charge in [0.25, 0.3) is 0 Å². The lowest BCUT2D eigenvalue weighted by Crippen LogP contribution is -2.51. The van der Waals surface area contributed by atoms with E-state index in [9.17, 15) is 9.59 Å². The summed E-state index contributed by atoms with van der Waals surface area (Å²) in [6.45, 7) is 11.1. The first-order chi connectivity index (χ1) is 11.1. The molecular weight excluding hydrogens is 306 g/mol. The fourth-order valence-corrected chi connectivity index (χ4v) is 2.11. The van der Waals surface area contributed by atoms with E-state index in [-0.39, 0.29) is 11.7 Å². The molecule has 5 heteroatoms. The minimum atomic E-state index is -0.747. The molecule has 1 N–H and O–H groups in total. The van der Waals surface area contributed by atoms with Crippen molar-refractivity contribution in [3.05, 3.63) is 35.9 Å². The lowest BCUT2D eigenvalue weighted by molar-refractivity contribution is -0.128. The van der Waals surface area contributed by atoms with Crippen LogP contribution in [-0.2, 0) is 20.9 Å². The molecule has 24 heavy (non-hydrogen) atoms. The van der Waals surface area contributed by atoms with Crippen molar-refractivity contribution in [3.8, 4) is 0 Å². The largest absolute Gasteiger partial charge is 0.444 e. The zero-order valence-electron chi connectivity index (χ0n) is 15.5. The normalized spacial score (nSPS) is 14.1. The summed E-state index contributed by atoms with van der Waals surface area (Å²) in [4.78, 5) is 24.5. The number of carbonyl (C=O) groups is 2. The molecule has 134 valence electrons. The first kappa shape index (κ1) is 20.2. The Bertz CT molecular complexity index is 534. The third-order valence-electron chi connectivity index (χ3n) is 3.37. The van der Waals surface area contributed by atoms with E-state index in [2.05, 4.69) is 5.32 Å². The second-order valence-electron chi connectivity index (χ2n) is 7.18. The van der Waals surface area contributed by atoms with Crippen molar-refractivity contribution < 1.29 is 19.1 Å². The Balaban J connectivity index is 2.73. The van der Waals surface area contributed by atoms with Crippen LogP contribution in [0.5, 0.6) is 0 Å². The maximum atomic E-state index is 12.4. The predicted molar refractivity (Wildman–Crippen MR) is 93.7 cm³/mol. The van der Waals surface area contributed by atoms with Crippen molar-refractivity contribution in [2.24, 2.45) is 5.92 Å². The Hall–Kier alpha value is -1.88. The molecule has 1 aromatic rings. The Morgan fingerprint density at radius 3 is 2.17 bits per heavy atom. The van der Waals surface area contributed by atoms with Crippen molar-refractivity contribution in [1.82, 2.24) is 5.32 Å². The lowest BCUT2D eigenvalue weighted by atomic mass is 9.98. The molecule has 1 amide bonds. The molecular formula is C19H29NO4. The summed E-state index contributed by atoms with van der Waals surface area (Å²) in [5, 5.41) is 2.66. The third-order valence-corrected chi connectivity index (χ3v) is 3.37. The van der Waals surface area contributed by atoms with E-state index in [0.29, 0.717) is 6.61 Å². The Kier molecular flexibility index (Phi) is 7.42. The number of nitrogens with one attached hydrogen (secondary N) is 1. The van der Waals surface area contributed by atoms with Gasteiger partial charge in [0.15, 0.2) is 5.78 Å². The van der Waals surface area contributed by atoms with Gasteiger partial charge in [-0.1, -0.05) is 44.2 Å². The van der Waals surface area contributed by atoms with Crippen LogP contribution in [0.15, 0.2) is 30.3 Å². The first-order valence-electron chi connectivity index (χ1n) is 8.29. The molecule has 0 saturated heterocycles. The topological polar surface area (TPSA) is 64.6 Å². The average molecular weight is 335 g/mol. The maximum Gasteiger partial charge on any atom is 0.408 e. The average Bonchev–Trinajstić information content (AvgIpc) is 2.48. The van der Waals surface area contributed by atoms with Crippen LogP contribution in [0.4, 0.5) is 4.79 Å². The van der Waals surface area contributed by atoms with Crippen LogP contribution < -0.4 is 5.32 Å². The molecule has 1 aromatic carbocycles. The van der Waals surface area contributed by atoms with Crippen LogP contribution in [0.3, 0.4) is 0 Å². The summed E-state index contributed by atoms with van der Waals surface area (Å²) in [5.41, 5.74) is 0.390. The van der Waals surface area contributed by atoms with Crippen molar-refractivity contribution in [2.75, 3.05) is 0 Å². The van der Waals surface area contributed by atoms with E-state index in [4.69, 9.17) is 9.47 Å². The van der Waals surface area contributed by atoms with Crippen LogP contribution in [-0.4, -0.2) is 29.6 Å². The van der Waals surface area contributed by atoms with Crippen LogP contribution in [0.2, 0.25) is 0 Å². The summed E-state index contributed by atoms with van der Waals surface area (Å²) in [6.07, 6.45) is -1.08. The molecule has 1 rings (SSSR count). The maximum absolute atomic E-state index is 12.4. The van der Waals surface area contributed by atoms with Crippen molar-refractivity contribution >= 4 is 11.9 Å². The summed E-state index contributed by atoms with van der Waals surface area (Å²) in [6, 6.07) is 8.95. The minimum absolute atomic E-state index is 0.0820. The van der Waals surface area contributed by atoms with E-state index in [1.165, 1.54) is 0 Å². The number of amides is 1. The van der Waals surface area contributed by atoms with Gasteiger partial charge < -0.3 is 14.8 Å². The van der Waals surface area contributed by atoms with Crippen LogP contribution in [0.25, 0.3) is 0 Å². The highest BCUT2D eigenvalue weighted by Crippen LogP contribution is 2.12. The molecule has 0 bridgehead atoms. The van der Waals surface area contributed by atoms with Crippen molar-refractivity contribution in [2.45, 2.75) is 65.9 Å². The van der Waals surface area contributed by atoms with E-state index in [0.717, 1.165) is 5.56 Å². The van der Waals surface area contributed by atoms with Crippen LogP contribution in [0, 0.1) is 5.92 Å². The number of carbonyl (C=O) groups excluding carboxylic acids is 2. The Labute approximate surface area is 144 Å². The van der Waals surface area contributed by atoms with Gasteiger partial charge in [-0.15, -0.1) is 0 Å². The molecule has 0 fully saturated rings. The summed E-state index contributed by atoms with van der Waals surface area (Å²) >= 11 is 0. The summed E-state index contributed by atoms with van der Waals surface area (Å²) in [7, 11) is 0. The van der Waals surface area contributed by atoms with Crippen LogP contribution in [0.1, 0.15) is 47.1 Å². The number of ether oxygens (including phenoxy) is 2. The van der Waals surface area contributed by atoms with Gasteiger partial charge in [0.2, 0.25) is 0 Å². The second-order valence-corrected chi connectivity index (χ2v) is 7.18. The predicted octanol–water partition coefficient (Wildman–Crippen LogP) is 3.71. The SMILES string of the molecule is CC(C)C(=O)C(NC(=O)OC(C)(C)C)C(C)OCc1ccccc1. The molecule has 2 unspecified atom stereocenters. The molecule has 5 nitrogen and oxygen atoms in total. The molecule has 0 radical (unpaired) electrons. The quantitative estimate of drug-likeness (QED) is 0.825. The molecule has 0 spiro atoms. The highest BCUT2D eigenvalue weighted by Gasteiger charge is 2.31. The van der Waals surface area contributed by atoms with E-state index in [1.807, 2.05) is 30.3 Å². The number of Topliss-reactive ketones (excluding diaryl/α,β-unsaturated/α-hetero) is 1. The van der Waals surface area contributed by atoms with Crippen LogP contribution >= 0.6 is 0 Å². The zero-order chi connectivity index (χ0) is 18.3. The van der Waals surface area contributed by atoms with Gasteiger partial charge in [0.05, 0.1) is 12.7 Å². The summed E-state index contributed by atoms with van der Waals surface area (Å²) in [5.74, 6) is -0.297. The highest BCUT2D eigenvalue weighted by atomic mass is 16.6. The van der Waals surface area contributed by atoms with E-state index < -0.39 is 23.8 Å². The number of hydrogen-bond acceptors (Lipinski definition) is 4. The van der Waals surface area contributed by atoms with Crippen molar-refractivity contribution in [1.29, 1.82) is 0 Å². The monoisotopic (exact) mass is 335 g/mol. The second kappa shape index (κ2) is 8.83. The molecule has 0 heterocycles. The minimum Gasteiger partial charge on any atom is -0.444 e. The zero-order valence-corrected chi connectivity index (χ0v) is 15.5. The van der Waals surface area contributed by atoms with Gasteiger partial charge in [-0.05, 0) is 33.3 Å². The Morgan fingerprint density at radius 1 is 1.08 bits per heavy atom. The summed E-state index contributed by atoms with van der Waals surface area (Å²) < 4.78 is 11.1. The smallest absolute Gasteiger partial charge is 0.408 e. The standard InChI is InChI=1S/C19H29NO4/c1-13(2)17(21)16(20-18(22)24-19(4,5)6)14(3)23-12-15-10-8-7-9-11-15/h7-11,13-14,16H,12H2,1-6H3,(H,20,22). The molecule has 0 aromatic heterocycles. The fourth-order valence-electron chi connectivity index (χ4n) is 2.11. The number of rotatable bonds is 7. The van der Waals surface area contributed by atoms with Gasteiger partial charge in [0.1, 0.15) is 11.6 Å². The van der Waals surface area contributed by atoms with Gasteiger partial charge in [-0.3, -0.25) is 4.79 Å². The Morgan fingerprint density at radius 2 is 1.67 bits per heavy atom. The third kappa shape index (κ3) is 7.13. The fraction of sp³-hybridized carbons (Fsp3) is 0.579. The van der Waals surface area contributed by atoms with Gasteiger partial charge >= 0.3 is 6.09 Å². The number of ketones is 1. The molecule has 2 atom stereocenters. The first-order valence-corrected chi connectivity index (χ1v) is 8.29. The number of benzene rings is 1. The van der Waals surface area contributed by atoms with E-state index in [1.54, 1.807) is 41.5 Å². The molecule has 0 aliphatic heterocycles. The molecule has 0 aliphatic carbocycles. The van der Waals surface area contributed by atoms with Gasteiger partial charge in [0, 0.05) is 5.92 Å². The van der Waals surface area contributed by atoms with Crippen molar-refractivity contribution in [3.63, 3.8) is 0 Å². The highest BCUT2D eigenvalue weighted by molar-refractivity contribution is 5.89. The number of hydrogen-bond donors (Lipinski definition) is 1. The lowest BCUT2D eigenvalue weighted by Gasteiger charge is -2.27. The number of alkyl carbamates (subject to hydrolysis) is 1. The van der Waals surface area contributed by atoms with E-state index >= 15 is 0 Å².